The smallest absolute Gasteiger partial charge is 0.0794 e. The van der Waals surface area contributed by atoms with Crippen molar-refractivity contribution in [1.82, 2.24) is 29.9 Å². The molecular formula is C108H72N6. The molecule has 114 heavy (non-hydrogen) atoms. The van der Waals surface area contributed by atoms with E-state index in [2.05, 4.69) is 367 Å². The highest BCUT2D eigenvalue weighted by Gasteiger charge is 2.21. The molecule has 0 saturated heterocycles. The molecule has 0 N–H and O–H groups in total. The summed E-state index contributed by atoms with van der Waals surface area (Å²) in [6.07, 6.45) is 9.22. The second kappa shape index (κ2) is 31.4. The number of hydrogen-bond donors (Lipinski definition) is 0. The summed E-state index contributed by atoms with van der Waals surface area (Å²) in [7, 11) is 0. The van der Waals surface area contributed by atoms with Crippen molar-refractivity contribution in [2.45, 2.75) is 0 Å². The van der Waals surface area contributed by atoms with Gasteiger partial charge in [-0.3, -0.25) is 15.0 Å². The van der Waals surface area contributed by atoms with Gasteiger partial charge in [-0.15, -0.1) is 0 Å². The minimum Gasteiger partial charge on any atom is -0.265 e. The summed E-state index contributed by atoms with van der Waals surface area (Å²) >= 11 is 0. The van der Waals surface area contributed by atoms with Crippen molar-refractivity contribution >= 4 is 65.0 Å². The zero-order valence-corrected chi connectivity index (χ0v) is 62.3. The molecule has 6 heterocycles. The Bertz CT molecular complexity index is 6310. The molecular weight excluding hydrogens is 1380 g/mol. The maximum Gasteiger partial charge on any atom is 0.0794 e. The average molecular weight is 1450 g/mol. The van der Waals surface area contributed by atoms with Crippen LogP contribution in [-0.2, 0) is 0 Å². The Morgan fingerprint density at radius 2 is 0.404 bits per heavy atom. The largest absolute Gasteiger partial charge is 0.265 e. The van der Waals surface area contributed by atoms with E-state index >= 15 is 0 Å². The van der Waals surface area contributed by atoms with Gasteiger partial charge in [0.2, 0.25) is 0 Å². The molecule has 21 rings (SSSR count). The van der Waals surface area contributed by atoms with Crippen LogP contribution in [0.1, 0.15) is 0 Å². The lowest BCUT2D eigenvalue weighted by Crippen LogP contribution is -1.93. The number of rotatable bonds is 12. The number of fused-ring (bicyclic) bond motifs is 9. The summed E-state index contributed by atoms with van der Waals surface area (Å²) in [5, 5.41) is 10.5. The van der Waals surface area contributed by atoms with Crippen LogP contribution >= 0.6 is 0 Å². The van der Waals surface area contributed by atoms with Crippen LogP contribution in [0.25, 0.3) is 199 Å². The first-order valence-electron chi connectivity index (χ1n) is 38.5. The Kier molecular flexibility index (Phi) is 19.1. The SMILES string of the molecule is c1ccc(-c2cc(-c3ccccc3)c3cc(-c4ccc(-c5ccccn5)cc4)c4ccccc4c3n2)cc1.c1ccc(-c2cc(-c3ccccc3)c3cc(-c4ccc(-c5cccnc5)cc4)c4ccccc4c3n2)cc1.c1ccc(-c2cc(-c3ccccc3)c3cc(-c4ccc(-c5ccncc5)cc4)c4ccccc4c3n2)cc1. The third kappa shape index (κ3) is 14.0. The molecule has 0 saturated carbocycles. The molecule has 21 aromatic rings. The Morgan fingerprint density at radius 1 is 0.140 bits per heavy atom. The van der Waals surface area contributed by atoms with Crippen molar-refractivity contribution in [3.05, 3.63) is 437 Å². The second-order valence-electron chi connectivity index (χ2n) is 28.4. The topological polar surface area (TPSA) is 77.3 Å². The standard InChI is InChI=1S/3C36H24N2/c1-3-11-25(12-4-1)32-24-35(27-13-5-2-6-14-27)38-36-30-16-8-7-15-29(30)31(23-33(32)36)26-18-20-28(21-19-26)34-17-9-10-22-37-34;1-3-10-26(11-4-1)33-23-35(28-12-5-2-6-13-28)38-36-31-16-8-7-15-30(31)32(22-34(33)36)27-19-17-25(18-20-27)29-14-9-21-37-24-29;1-3-9-27(10-4-1)33-24-35(29-11-5-2-6-12-29)38-36-31-14-8-7-13-30(31)32(23-34(33)36)28-17-15-25(16-18-28)26-19-21-37-22-20-26/h3*1-24H. The highest BCUT2D eigenvalue weighted by molar-refractivity contribution is 6.19. The van der Waals surface area contributed by atoms with Gasteiger partial charge in [-0.25, -0.2) is 15.0 Å². The van der Waals surface area contributed by atoms with E-state index in [1.54, 1.807) is 6.20 Å². The third-order valence-corrected chi connectivity index (χ3v) is 21.5. The van der Waals surface area contributed by atoms with Gasteiger partial charge in [0.1, 0.15) is 0 Å². The van der Waals surface area contributed by atoms with E-state index < -0.39 is 0 Å². The first kappa shape index (κ1) is 69.2. The van der Waals surface area contributed by atoms with Crippen LogP contribution in [-0.4, -0.2) is 29.9 Å². The van der Waals surface area contributed by atoms with Crippen LogP contribution in [0.3, 0.4) is 0 Å². The Morgan fingerprint density at radius 3 is 0.737 bits per heavy atom. The molecule has 0 radical (unpaired) electrons. The fourth-order valence-electron chi connectivity index (χ4n) is 15.8. The van der Waals surface area contributed by atoms with Crippen molar-refractivity contribution in [3.63, 3.8) is 0 Å². The fourth-order valence-corrected chi connectivity index (χ4v) is 15.8. The van der Waals surface area contributed by atoms with Crippen LogP contribution in [0.4, 0.5) is 0 Å². The predicted octanol–water partition coefficient (Wildman–Crippen LogP) is 28.4. The highest BCUT2D eigenvalue weighted by atomic mass is 14.7. The van der Waals surface area contributed by atoms with Crippen LogP contribution in [0.2, 0.25) is 0 Å². The van der Waals surface area contributed by atoms with Crippen LogP contribution in [0.15, 0.2) is 437 Å². The Hall–Kier alpha value is -15.2. The van der Waals surface area contributed by atoms with Gasteiger partial charge in [0.25, 0.3) is 0 Å². The molecule has 0 spiro atoms. The van der Waals surface area contributed by atoms with Crippen molar-refractivity contribution < 1.29 is 0 Å². The van der Waals surface area contributed by atoms with Gasteiger partial charge in [-0.2, -0.15) is 0 Å². The second-order valence-corrected chi connectivity index (χ2v) is 28.4. The quantitative estimate of drug-likeness (QED) is 0.113. The summed E-state index contributed by atoms with van der Waals surface area (Å²) < 4.78 is 0. The van der Waals surface area contributed by atoms with Gasteiger partial charge in [0, 0.05) is 85.6 Å². The van der Waals surface area contributed by atoms with E-state index in [0.717, 1.165) is 105 Å². The number of benzene rings is 15. The van der Waals surface area contributed by atoms with E-state index in [4.69, 9.17) is 15.0 Å². The van der Waals surface area contributed by atoms with E-state index in [-0.39, 0.29) is 0 Å². The molecule has 0 aliphatic carbocycles. The van der Waals surface area contributed by atoms with Gasteiger partial charge >= 0.3 is 0 Å². The maximum absolute atomic E-state index is 5.24. The molecule has 6 aromatic heterocycles. The Labute approximate surface area is 662 Å². The monoisotopic (exact) mass is 1450 g/mol. The van der Waals surface area contributed by atoms with E-state index in [1.807, 2.05) is 79.4 Å². The van der Waals surface area contributed by atoms with E-state index in [0.29, 0.717) is 0 Å². The molecule has 0 unspecified atom stereocenters. The van der Waals surface area contributed by atoms with Gasteiger partial charge in [0.15, 0.2) is 0 Å². The van der Waals surface area contributed by atoms with Gasteiger partial charge < -0.3 is 0 Å². The maximum atomic E-state index is 5.24. The number of hydrogen-bond acceptors (Lipinski definition) is 6. The zero-order valence-electron chi connectivity index (χ0n) is 62.3. The first-order valence-corrected chi connectivity index (χ1v) is 38.5. The molecule has 0 aliphatic rings. The summed E-state index contributed by atoms with van der Waals surface area (Å²) in [4.78, 5) is 28.7. The zero-order chi connectivity index (χ0) is 75.9. The van der Waals surface area contributed by atoms with Crippen LogP contribution in [0.5, 0.6) is 0 Å². The molecule has 0 aliphatic heterocycles. The lowest BCUT2D eigenvalue weighted by atomic mass is 9.90. The minimum atomic E-state index is 0.978. The van der Waals surface area contributed by atoms with Crippen LogP contribution in [0, 0.1) is 0 Å². The molecule has 0 bridgehead atoms. The summed E-state index contributed by atoms with van der Waals surface area (Å²) in [6, 6.07) is 143. The summed E-state index contributed by atoms with van der Waals surface area (Å²) in [5.74, 6) is 0. The number of aromatic nitrogens is 6. The predicted molar refractivity (Wildman–Crippen MR) is 476 cm³/mol. The minimum absolute atomic E-state index is 0.978. The van der Waals surface area contributed by atoms with Gasteiger partial charge in [-0.05, 0) is 172 Å². The lowest BCUT2D eigenvalue weighted by molar-refractivity contribution is 1.33. The van der Waals surface area contributed by atoms with E-state index in [1.165, 1.54) is 94.0 Å². The fraction of sp³-hybridized carbons (Fsp3) is 0. The third-order valence-electron chi connectivity index (χ3n) is 21.5. The van der Waals surface area contributed by atoms with Gasteiger partial charge in [-0.1, -0.05) is 340 Å². The van der Waals surface area contributed by atoms with Crippen molar-refractivity contribution in [1.29, 1.82) is 0 Å². The molecule has 0 amide bonds. The van der Waals surface area contributed by atoms with E-state index in [9.17, 15) is 0 Å². The average Bonchev–Trinajstić information content (AvgIpc) is 0.751. The van der Waals surface area contributed by atoms with Crippen molar-refractivity contribution in [2.75, 3.05) is 0 Å². The highest BCUT2D eigenvalue weighted by Crippen LogP contribution is 2.45. The number of nitrogens with zero attached hydrogens (tertiary/aromatic N) is 6. The lowest BCUT2D eigenvalue weighted by Gasteiger charge is -2.16. The molecule has 15 aromatic carbocycles. The Balaban J connectivity index is 0.000000115. The van der Waals surface area contributed by atoms with Crippen LogP contribution < -0.4 is 0 Å². The van der Waals surface area contributed by atoms with Gasteiger partial charge in [0.05, 0.1) is 39.3 Å². The number of pyridine rings is 6. The van der Waals surface area contributed by atoms with Crippen molar-refractivity contribution in [3.8, 4) is 134 Å². The molecule has 6 nitrogen and oxygen atoms in total. The molecule has 534 valence electrons. The van der Waals surface area contributed by atoms with Crippen molar-refractivity contribution in [2.24, 2.45) is 0 Å². The molecule has 6 heteroatoms. The summed E-state index contributed by atoms with van der Waals surface area (Å²) in [6.45, 7) is 0. The normalized spacial score (nSPS) is 11.2. The summed E-state index contributed by atoms with van der Waals surface area (Å²) in [5.41, 5.74) is 30.4. The molecule has 0 atom stereocenters. The molecule has 0 fully saturated rings. The first-order chi connectivity index (χ1) is 56.5.